The highest BCUT2D eigenvalue weighted by molar-refractivity contribution is 6.31. The molecule has 0 spiro atoms. The molecular weight excluding hydrogens is 362 g/mol. The topological polar surface area (TPSA) is 71.1 Å². The van der Waals surface area contributed by atoms with Gasteiger partial charge in [-0.1, -0.05) is 48.0 Å². The molecule has 1 aromatic heterocycles. The molecule has 0 bridgehead atoms. The van der Waals surface area contributed by atoms with E-state index in [1.165, 1.54) is 12.3 Å². The van der Waals surface area contributed by atoms with Gasteiger partial charge in [0.05, 0.1) is 0 Å². The van der Waals surface area contributed by atoms with Gasteiger partial charge in [0.1, 0.15) is 5.69 Å². The lowest BCUT2D eigenvalue weighted by molar-refractivity contribution is 0.0951. The van der Waals surface area contributed by atoms with Gasteiger partial charge < -0.3 is 10.6 Å². The Morgan fingerprint density at radius 3 is 2.52 bits per heavy atom. The number of aryl methyl sites for hydroxylation is 1. The summed E-state index contributed by atoms with van der Waals surface area (Å²) < 4.78 is 0. The molecule has 136 valence electrons. The van der Waals surface area contributed by atoms with E-state index >= 15 is 0 Å². The molecule has 3 rings (SSSR count). The summed E-state index contributed by atoms with van der Waals surface area (Å²) in [5, 5.41) is 6.19. The van der Waals surface area contributed by atoms with Crippen LogP contribution in [0.15, 0.2) is 66.9 Å². The highest BCUT2D eigenvalue weighted by Gasteiger charge is 2.13. The number of amides is 2. The first-order chi connectivity index (χ1) is 13.0. The molecule has 2 amide bonds. The Morgan fingerprint density at radius 2 is 1.74 bits per heavy atom. The van der Waals surface area contributed by atoms with Crippen LogP contribution in [-0.4, -0.2) is 16.8 Å². The van der Waals surface area contributed by atoms with E-state index < -0.39 is 0 Å². The molecule has 1 heterocycles. The molecule has 0 atom stereocenters. The largest absolute Gasteiger partial charge is 0.348 e. The van der Waals surface area contributed by atoms with Gasteiger partial charge in [-0.3, -0.25) is 14.6 Å². The Balaban J connectivity index is 1.69. The minimum absolute atomic E-state index is 0.170. The van der Waals surface area contributed by atoms with E-state index in [9.17, 15) is 9.59 Å². The van der Waals surface area contributed by atoms with E-state index in [4.69, 9.17) is 11.6 Å². The van der Waals surface area contributed by atoms with Crippen molar-refractivity contribution in [3.05, 3.63) is 94.3 Å². The molecule has 2 aromatic carbocycles. The maximum atomic E-state index is 12.4. The number of anilines is 1. The minimum atomic E-state index is -0.370. The number of nitrogens with zero attached hydrogens (tertiary/aromatic N) is 1. The first kappa shape index (κ1) is 18.6. The number of hydrogen-bond acceptors (Lipinski definition) is 3. The highest BCUT2D eigenvalue weighted by atomic mass is 35.5. The fraction of sp³-hybridized carbons (Fsp3) is 0.0952. The Bertz CT molecular complexity index is 988. The van der Waals surface area contributed by atoms with Crippen LogP contribution >= 0.6 is 11.6 Å². The average Bonchev–Trinajstić information content (AvgIpc) is 2.69. The second kappa shape index (κ2) is 8.47. The summed E-state index contributed by atoms with van der Waals surface area (Å²) in [4.78, 5) is 28.9. The zero-order chi connectivity index (χ0) is 19.2. The molecule has 0 saturated carbocycles. The van der Waals surface area contributed by atoms with E-state index in [0.29, 0.717) is 22.8 Å². The van der Waals surface area contributed by atoms with E-state index in [2.05, 4.69) is 15.6 Å². The summed E-state index contributed by atoms with van der Waals surface area (Å²) >= 11 is 6.10. The summed E-state index contributed by atoms with van der Waals surface area (Å²) in [6.07, 6.45) is 1.44. The van der Waals surface area contributed by atoms with Gasteiger partial charge in [0.2, 0.25) is 0 Å². The molecule has 6 heteroatoms. The first-order valence-electron chi connectivity index (χ1n) is 8.39. The normalized spacial score (nSPS) is 10.3. The number of hydrogen-bond donors (Lipinski definition) is 2. The molecule has 0 saturated heterocycles. The van der Waals surface area contributed by atoms with E-state index in [1.807, 2.05) is 49.4 Å². The van der Waals surface area contributed by atoms with Crippen LogP contribution in [0, 0.1) is 6.92 Å². The summed E-state index contributed by atoms with van der Waals surface area (Å²) in [6.45, 7) is 2.20. The monoisotopic (exact) mass is 379 g/mol. The van der Waals surface area contributed by atoms with Gasteiger partial charge in [-0.15, -0.1) is 0 Å². The maximum Gasteiger partial charge on any atom is 0.274 e. The maximum absolute atomic E-state index is 12.4. The summed E-state index contributed by atoms with van der Waals surface area (Å²) in [5.41, 5.74) is 2.99. The number of carbonyl (C=O) groups is 2. The van der Waals surface area contributed by atoms with Crippen LogP contribution in [0.1, 0.15) is 32.0 Å². The van der Waals surface area contributed by atoms with Crippen molar-refractivity contribution >= 4 is 29.1 Å². The van der Waals surface area contributed by atoms with Crippen LogP contribution < -0.4 is 10.6 Å². The highest BCUT2D eigenvalue weighted by Crippen LogP contribution is 2.16. The number of para-hydroxylation sites is 1. The first-order valence-corrected chi connectivity index (χ1v) is 8.77. The number of halogens is 1. The minimum Gasteiger partial charge on any atom is -0.348 e. The smallest absolute Gasteiger partial charge is 0.274 e. The van der Waals surface area contributed by atoms with Crippen molar-refractivity contribution in [1.82, 2.24) is 10.3 Å². The van der Waals surface area contributed by atoms with Crippen LogP contribution in [0.5, 0.6) is 0 Å². The van der Waals surface area contributed by atoms with Crippen molar-refractivity contribution in [3.8, 4) is 0 Å². The van der Waals surface area contributed by atoms with Crippen molar-refractivity contribution in [2.24, 2.45) is 0 Å². The lowest BCUT2D eigenvalue weighted by Crippen LogP contribution is -2.24. The average molecular weight is 380 g/mol. The number of aromatic nitrogens is 1. The van der Waals surface area contributed by atoms with Crippen LogP contribution in [0.3, 0.4) is 0 Å². The third-order valence-electron chi connectivity index (χ3n) is 4.05. The number of pyridine rings is 1. The fourth-order valence-corrected chi connectivity index (χ4v) is 2.72. The van der Waals surface area contributed by atoms with Crippen LogP contribution in [0.25, 0.3) is 0 Å². The molecule has 0 aliphatic heterocycles. The Morgan fingerprint density at radius 1 is 1.00 bits per heavy atom. The van der Waals surface area contributed by atoms with Gasteiger partial charge in [-0.2, -0.15) is 0 Å². The zero-order valence-electron chi connectivity index (χ0n) is 14.7. The lowest BCUT2D eigenvalue weighted by Gasteiger charge is -2.09. The van der Waals surface area contributed by atoms with Crippen molar-refractivity contribution < 1.29 is 9.59 Å². The SMILES string of the molecule is Cc1ccccc1NC(=O)c1cc(C(=O)NCc2ccccc2Cl)ccn1. The van der Waals surface area contributed by atoms with Crippen LogP contribution in [0.2, 0.25) is 5.02 Å². The number of rotatable bonds is 5. The van der Waals surface area contributed by atoms with Gasteiger partial charge >= 0.3 is 0 Å². The molecule has 27 heavy (non-hydrogen) atoms. The van der Waals surface area contributed by atoms with Crippen molar-refractivity contribution in [1.29, 1.82) is 0 Å². The zero-order valence-corrected chi connectivity index (χ0v) is 15.5. The molecular formula is C21H18ClN3O2. The van der Waals surface area contributed by atoms with Gasteiger partial charge in [-0.05, 0) is 42.3 Å². The number of carbonyl (C=O) groups excluding carboxylic acids is 2. The van der Waals surface area contributed by atoms with Gasteiger partial charge in [-0.25, -0.2) is 0 Å². The van der Waals surface area contributed by atoms with Gasteiger partial charge in [0.15, 0.2) is 0 Å². The van der Waals surface area contributed by atoms with Gasteiger partial charge in [0, 0.05) is 29.0 Å². The molecule has 2 N–H and O–H groups in total. The second-order valence-corrected chi connectivity index (χ2v) is 6.38. The number of nitrogens with one attached hydrogen (secondary N) is 2. The van der Waals surface area contributed by atoms with E-state index in [0.717, 1.165) is 11.1 Å². The molecule has 0 fully saturated rings. The van der Waals surface area contributed by atoms with Crippen LogP contribution in [0.4, 0.5) is 5.69 Å². The van der Waals surface area contributed by atoms with Crippen molar-refractivity contribution in [2.75, 3.05) is 5.32 Å². The molecule has 0 aliphatic rings. The van der Waals surface area contributed by atoms with Gasteiger partial charge in [0.25, 0.3) is 11.8 Å². The van der Waals surface area contributed by atoms with Crippen molar-refractivity contribution in [2.45, 2.75) is 13.5 Å². The summed E-state index contributed by atoms with van der Waals surface area (Å²) in [6, 6.07) is 17.8. The Kier molecular flexibility index (Phi) is 5.84. The summed E-state index contributed by atoms with van der Waals surface area (Å²) in [7, 11) is 0. The molecule has 0 aliphatic carbocycles. The number of benzene rings is 2. The Hall–Kier alpha value is -3.18. The molecule has 0 unspecified atom stereocenters. The lowest BCUT2D eigenvalue weighted by atomic mass is 10.1. The van der Waals surface area contributed by atoms with E-state index in [-0.39, 0.29) is 17.5 Å². The summed E-state index contributed by atoms with van der Waals surface area (Å²) in [5.74, 6) is -0.674. The standard InChI is InChI=1S/C21H18ClN3O2/c1-14-6-2-5-9-18(14)25-21(27)19-12-15(10-11-23-19)20(26)24-13-16-7-3-4-8-17(16)22/h2-12H,13H2,1H3,(H,24,26)(H,25,27). The quantitative estimate of drug-likeness (QED) is 0.697. The third-order valence-corrected chi connectivity index (χ3v) is 4.41. The second-order valence-electron chi connectivity index (χ2n) is 5.97. The predicted octanol–water partition coefficient (Wildman–Crippen LogP) is 4.23. The Labute approximate surface area is 162 Å². The molecule has 0 radical (unpaired) electrons. The van der Waals surface area contributed by atoms with Crippen molar-refractivity contribution in [3.63, 3.8) is 0 Å². The van der Waals surface area contributed by atoms with Crippen LogP contribution in [-0.2, 0) is 6.54 Å². The molecule has 5 nitrogen and oxygen atoms in total. The van der Waals surface area contributed by atoms with E-state index in [1.54, 1.807) is 12.1 Å². The molecule has 3 aromatic rings. The fourth-order valence-electron chi connectivity index (χ4n) is 2.51. The predicted molar refractivity (Wildman–Crippen MR) is 106 cm³/mol. The third kappa shape index (κ3) is 4.71.